The quantitative estimate of drug-likeness (QED) is 0.561. The first-order valence-electron chi connectivity index (χ1n) is 8.88. The summed E-state index contributed by atoms with van der Waals surface area (Å²) in [5.41, 5.74) is 5.93. The molecule has 6 heteroatoms. The summed E-state index contributed by atoms with van der Waals surface area (Å²) in [5.74, 6) is 0. The molecule has 0 bridgehead atoms. The molecule has 1 aliphatic heterocycles. The van der Waals surface area contributed by atoms with Crippen LogP contribution in [0.1, 0.15) is 11.3 Å². The van der Waals surface area contributed by atoms with Crippen molar-refractivity contribution in [3.05, 3.63) is 81.5 Å². The molecule has 1 aromatic carbocycles. The number of rotatable bonds is 2. The van der Waals surface area contributed by atoms with Crippen LogP contribution in [0.4, 0.5) is 0 Å². The number of hydrogen-bond acceptors (Lipinski definition) is 3. The van der Waals surface area contributed by atoms with Crippen LogP contribution in [0, 0.1) is 0 Å². The molecule has 4 heterocycles. The van der Waals surface area contributed by atoms with E-state index in [1.165, 1.54) is 16.6 Å². The minimum Gasteiger partial charge on any atom is -0.358 e. The predicted octanol–water partition coefficient (Wildman–Crippen LogP) is 3.68. The van der Waals surface area contributed by atoms with Gasteiger partial charge in [0, 0.05) is 60.1 Å². The van der Waals surface area contributed by atoms with Crippen molar-refractivity contribution in [1.82, 2.24) is 19.9 Å². The minimum atomic E-state index is -0.0958. The molecule has 27 heavy (non-hydrogen) atoms. The molecule has 0 radical (unpaired) electrons. The molecule has 5 nitrogen and oxygen atoms in total. The first kappa shape index (κ1) is 16.3. The van der Waals surface area contributed by atoms with Crippen molar-refractivity contribution >= 4 is 22.5 Å². The molecule has 3 aromatic heterocycles. The summed E-state index contributed by atoms with van der Waals surface area (Å²) in [6.45, 7) is 1.88. The van der Waals surface area contributed by atoms with E-state index >= 15 is 0 Å². The second-order valence-corrected chi connectivity index (χ2v) is 7.16. The standard InChI is InChI=1S/C21H17ClN4O/c22-14-1-4-18(24-11-14)13-6-8-26(21(27)9-13)15-2-3-16-17-12-23-7-5-19(17)25-20(16)10-15/h1-4,6,8-11,23,25H,5,7,12H2. The lowest BCUT2D eigenvalue weighted by Gasteiger charge is -2.12. The number of benzene rings is 1. The number of nitrogens with zero attached hydrogens (tertiary/aromatic N) is 2. The van der Waals surface area contributed by atoms with Crippen LogP contribution >= 0.6 is 11.6 Å². The zero-order chi connectivity index (χ0) is 18.4. The second-order valence-electron chi connectivity index (χ2n) is 6.72. The van der Waals surface area contributed by atoms with Gasteiger partial charge < -0.3 is 10.3 Å². The Morgan fingerprint density at radius 3 is 2.85 bits per heavy atom. The van der Waals surface area contributed by atoms with Gasteiger partial charge in [-0.25, -0.2) is 0 Å². The van der Waals surface area contributed by atoms with Gasteiger partial charge in [-0.05, 0) is 35.9 Å². The van der Waals surface area contributed by atoms with E-state index in [-0.39, 0.29) is 5.56 Å². The monoisotopic (exact) mass is 376 g/mol. The number of pyridine rings is 2. The first-order valence-corrected chi connectivity index (χ1v) is 9.26. The Bertz CT molecular complexity index is 1210. The molecule has 0 amide bonds. The fourth-order valence-corrected chi connectivity index (χ4v) is 3.80. The topological polar surface area (TPSA) is 62.7 Å². The van der Waals surface area contributed by atoms with E-state index in [1.54, 1.807) is 29.1 Å². The fourth-order valence-electron chi connectivity index (χ4n) is 3.69. The molecule has 1 aliphatic rings. The van der Waals surface area contributed by atoms with E-state index in [2.05, 4.69) is 21.4 Å². The number of fused-ring (bicyclic) bond motifs is 3. The molecule has 0 atom stereocenters. The molecule has 5 rings (SSSR count). The molecule has 0 saturated heterocycles. The maximum atomic E-state index is 12.7. The van der Waals surface area contributed by atoms with Crippen LogP contribution in [-0.4, -0.2) is 21.1 Å². The Labute approximate surface area is 160 Å². The van der Waals surface area contributed by atoms with Crippen molar-refractivity contribution in [2.75, 3.05) is 6.54 Å². The zero-order valence-electron chi connectivity index (χ0n) is 14.5. The number of hydrogen-bond donors (Lipinski definition) is 2. The Morgan fingerprint density at radius 2 is 2.04 bits per heavy atom. The van der Waals surface area contributed by atoms with Crippen molar-refractivity contribution in [1.29, 1.82) is 0 Å². The predicted molar refractivity (Wildman–Crippen MR) is 108 cm³/mol. The zero-order valence-corrected chi connectivity index (χ0v) is 15.3. The van der Waals surface area contributed by atoms with Gasteiger partial charge in [0.1, 0.15) is 0 Å². The van der Waals surface area contributed by atoms with E-state index in [0.717, 1.165) is 42.0 Å². The lowest BCUT2D eigenvalue weighted by atomic mass is 10.1. The highest BCUT2D eigenvalue weighted by molar-refractivity contribution is 6.30. The van der Waals surface area contributed by atoms with Gasteiger partial charge in [-0.15, -0.1) is 0 Å². The highest BCUT2D eigenvalue weighted by Crippen LogP contribution is 2.26. The van der Waals surface area contributed by atoms with Crippen LogP contribution in [0.25, 0.3) is 27.8 Å². The maximum Gasteiger partial charge on any atom is 0.255 e. The van der Waals surface area contributed by atoms with E-state index in [4.69, 9.17) is 11.6 Å². The van der Waals surface area contributed by atoms with Gasteiger partial charge in [0.2, 0.25) is 0 Å². The summed E-state index contributed by atoms with van der Waals surface area (Å²) in [6.07, 6.45) is 4.37. The third kappa shape index (κ3) is 2.85. The molecule has 4 aromatic rings. The van der Waals surface area contributed by atoms with E-state index < -0.39 is 0 Å². The molecule has 0 aliphatic carbocycles. The van der Waals surface area contributed by atoms with Gasteiger partial charge in [-0.3, -0.25) is 14.3 Å². The molecule has 2 N–H and O–H groups in total. The van der Waals surface area contributed by atoms with Crippen molar-refractivity contribution in [2.24, 2.45) is 0 Å². The average Bonchev–Trinajstić information content (AvgIpc) is 3.06. The van der Waals surface area contributed by atoms with Gasteiger partial charge in [-0.1, -0.05) is 17.7 Å². The number of aromatic nitrogens is 3. The highest BCUT2D eigenvalue weighted by atomic mass is 35.5. The lowest BCUT2D eigenvalue weighted by Crippen LogP contribution is -2.22. The van der Waals surface area contributed by atoms with Crippen molar-refractivity contribution < 1.29 is 0 Å². The molecular formula is C21H17ClN4O. The van der Waals surface area contributed by atoms with Crippen LogP contribution in [0.3, 0.4) is 0 Å². The summed E-state index contributed by atoms with van der Waals surface area (Å²) >= 11 is 5.89. The molecule has 0 saturated carbocycles. The highest BCUT2D eigenvalue weighted by Gasteiger charge is 2.15. The third-order valence-electron chi connectivity index (χ3n) is 5.05. The van der Waals surface area contributed by atoms with E-state index in [1.807, 2.05) is 24.3 Å². The van der Waals surface area contributed by atoms with Gasteiger partial charge in [0.05, 0.1) is 16.4 Å². The van der Waals surface area contributed by atoms with Crippen LogP contribution < -0.4 is 10.9 Å². The molecule has 0 fully saturated rings. The summed E-state index contributed by atoms with van der Waals surface area (Å²) < 4.78 is 1.65. The Morgan fingerprint density at radius 1 is 1.11 bits per heavy atom. The maximum absolute atomic E-state index is 12.7. The second kappa shape index (κ2) is 6.37. The Balaban J connectivity index is 1.56. The van der Waals surface area contributed by atoms with Gasteiger partial charge in [0.25, 0.3) is 5.56 Å². The smallest absolute Gasteiger partial charge is 0.255 e. The Kier molecular flexibility index (Phi) is 3.85. The lowest BCUT2D eigenvalue weighted by molar-refractivity contribution is 0.641. The fraction of sp³-hybridized carbons (Fsp3) is 0.143. The van der Waals surface area contributed by atoms with Gasteiger partial charge in [-0.2, -0.15) is 0 Å². The molecular weight excluding hydrogens is 360 g/mol. The Hall–Kier alpha value is -2.89. The van der Waals surface area contributed by atoms with Crippen LogP contribution in [0.15, 0.2) is 59.7 Å². The summed E-state index contributed by atoms with van der Waals surface area (Å²) in [6, 6.07) is 13.2. The third-order valence-corrected chi connectivity index (χ3v) is 5.28. The van der Waals surface area contributed by atoms with Crippen molar-refractivity contribution in [3.63, 3.8) is 0 Å². The number of halogens is 1. The molecule has 0 spiro atoms. The number of nitrogens with one attached hydrogen (secondary N) is 2. The van der Waals surface area contributed by atoms with E-state index in [0.29, 0.717) is 5.02 Å². The summed E-state index contributed by atoms with van der Waals surface area (Å²) in [7, 11) is 0. The van der Waals surface area contributed by atoms with E-state index in [9.17, 15) is 4.79 Å². The summed E-state index contributed by atoms with van der Waals surface area (Å²) in [5, 5.41) is 5.20. The van der Waals surface area contributed by atoms with Crippen molar-refractivity contribution in [2.45, 2.75) is 13.0 Å². The van der Waals surface area contributed by atoms with Gasteiger partial charge in [0.15, 0.2) is 0 Å². The average molecular weight is 377 g/mol. The van der Waals surface area contributed by atoms with Gasteiger partial charge >= 0.3 is 0 Å². The summed E-state index contributed by atoms with van der Waals surface area (Å²) in [4.78, 5) is 20.5. The minimum absolute atomic E-state index is 0.0958. The molecule has 134 valence electrons. The van der Waals surface area contributed by atoms with Crippen LogP contribution in [0.2, 0.25) is 5.02 Å². The first-order chi connectivity index (χ1) is 13.2. The number of aromatic amines is 1. The SMILES string of the molecule is O=c1cc(-c2ccc(Cl)cn2)ccn1-c1ccc2c3c([nH]c2c1)CCNC3. The van der Waals surface area contributed by atoms with Crippen molar-refractivity contribution in [3.8, 4) is 16.9 Å². The number of H-pyrrole nitrogens is 1. The van der Waals surface area contributed by atoms with Crippen LogP contribution in [-0.2, 0) is 13.0 Å². The molecule has 0 unspecified atom stereocenters. The van der Waals surface area contributed by atoms with Crippen LogP contribution in [0.5, 0.6) is 0 Å². The largest absolute Gasteiger partial charge is 0.358 e. The normalized spacial score (nSPS) is 13.7.